The van der Waals surface area contributed by atoms with E-state index < -0.39 is 0 Å². The van der Waals surface area contributed by atoms with E-state index >= 15 is 0 Å². The summed E-state index contributed by atoms with van der Waals surface area (Å²) in [6, 6.07) is 78.0. The highest BCUT2D eigenvalue weighted by atomic mass is 32.1. The van der Waals surface area contributed by atoms with E-state index in [0.29, 0.717) is 0 Å². The molecule has 0 unspecified atom stereocenters. The Hall–Kier alpha value is -7.36. The lowest BCUT2D eigenvalue weighted by atomic mass is 9.77. The molecule has 13 aromatic rings. The average Bonchev–Trinajstić information content (AvgIpc) is 3.91. The molecule has 0 atom stereocenters. The van der Waals surface area contributed by atoms with Crippen molar-refractivity contribution in [3.63, 3.8) is 0 Å². The van der Waals surface area contributed by atoms with Crippen molar-refractivity contribution in [1.82, 2.24) is 0 Å². The predicted molar refractivity (Wildman–Crippen MR) is 271 cm³/mol. The molecule has 62 heavy (non-hydrogen) atoms. The van der Waals surface area contributed by atoms with Crippen molar-refractivity contribution in [3.8, 4) is 66.8 Å². The molecule has 0 saturated heterocycles. The molecular weight excluding hydrogens is 785 g/mol. The molecule has 0 saturated carbocycles. The van der Waals surface area contributed by atoms with Gasteiger partial charge in [-0.3, -0.25) is 0 Å². The first-order valence-electron chi connectivity index (χ1n) is 21.3. The maximum Gasteiger partial charge on any atom is 0.0355 e. The molecule has 0 amide bonds. The average molecular weight is 819 g/mol. The SMILES string of the molecule is c1ccc2c(c1)-c1ccc(-c3ccc4sc5ccccc5c4c3)cc1-c1cc3c4ccccc4c4ccccc4c3cc1-c1cccc(-c3ccc4sc5ccccc5c4c3)c1-2. The Kier molecular flexibility index (Phi) is 7.24. The van der Waals surface area contributed by atoms with E-state index in [1.165, 1.54) is 139 Å². The molecule has 2 heteroatoms. The predicted octanol–water partition coefficient (Wildman–Crippen LogP) is 18.2. The van der Waals surface area contributed by atoms with E-state index in [1.807, 2.05) is 22.7 Å². The summed E-state index contributed by atoms with van der Waals surface area (Å²) >= 11 is 3.75. The summed E-state index contributed by atoms with van der Waals surface area (Å²) in [6.45, 7) is 0. The van der Waals surface area contributed by atoms with Crippen LogP contribution in [0.2, 0.25) is 0 Å². The van der Waals surface area contributed by atoms with Crippen molar-refractivity contribution >= 4 is 95.3 Å². The fourth-order valence-electron chi connectivity index (χ4n) is 10.6. The van der Waals surface area contributed by atoms with Gasteiger partial charge in [-0.15, -0.1) is 22.7 Å². The van der Waals surface area contributed by atoms with Crippen molar-refractivity contribution in [2.24, 2.45) is 0 Å². The van der Waals surface area contributed by atoms with Crippen molar-refractivity contribution in [3.05, 3.63) is 206 Å². The van der Waals surface area contributed by atoms with Crippen LogP contribution in [-0.4, -0.2) is 0 Å². The van der Waals surface area contributed by atoms with Gasteiger partial charge in [0.2, 0.25) is 0 Å². The summed E-state index contributed by atoms with van der Waals surface area (Å²) in [4.78, 5) is 0. The molecule has 0 nitrogen and oxygen atoms in total. The van der Waals surface area contributed by atoms with Crippen LogP contribution in [0, 0.1) is 0 Å². The number of benzene rings is 11. The fourth-order valence-corrected chi connectivity index (χ4v) is 12.8. The van der Waals surface area contributed by atoms with Crippen molar-refractivity contribution in [1.29, 1.82) is 0 Å². The summed E-state index contributed by atoms with van der Waals surface area (Å²) in [5.74, 6) is 0. The minimum absolute atomic E-state index is 1.22. The third-order valence-corrected chi connectivity index (χ3v) is 15.7. The van der Waals surface area contributed by atoms with Crippen LogP contribution in [0.1, 0.15) is 0 Å². The number of hydrogen-bond donors (Lipinski definition) is 0. The monoisotopic (exact) mass is 818 g/mol. The van der Waals surface area contributed by atoms with Gasteiger partial charge >= 0.3 is 0 Å². The number of rotatable bonds is 2. The van der Waals surface area contributed by atoms with Gasteiger partial charge in [0.25, 0.3) is 0 Å². The van der Waals surface area contributed by atoms with Gasteiger partial charge in [0, 0.05) is 40.3 Å². The Bertz CT molecular complexity index is 3970. The molecule has 1 aliphatic carbocycles. The number of thiophene rings is 2. The molecule has 0 spiro atoms. The van der Waals surface area contributed by atoms with Crippen LogP contribution in [-0.2, 0) is 0 Å². The zero-order valence-corrected chi connectivity index (χ0v) is 35.1. The zero-order chi connectivity index (χ0) is 40.5. The summed E-state index contributed by atoms with van der Waals surface area (Å²) < 4.78 is 5.30. The lowest BCUT2D eigenvalue weighted by Gasteiger charge is -2.26. The highest BCUT2D eigenvalue weighted by molar-refractivity contribution is 7.26. The molecule has 0 N–H and O–H groups in total. The first-order chi connectivity index (χ1) is 30.7. The van der Waals surface area contributed by atoms with E-state index in [9.17, 15) is 0 Å². The molecular formula is C60H34S2. The van der Waals surface area contributed by atoms with Crippen molar-refractivity contribution in [2.75, 3.05) is 0 Å². The van der Waals surface area contributed by atoms with Crippen LogP contribution < -0.4 is 0 Å². The summed E-state index contributed by atoms with van der Waals surface area (Å²) in [7, 11) is 0. The highest BCUT2D eigenvalue weighted by Crippen LogP contribution is 2.53. The Morgan fingerprint density at radius 2 is 0.597 bits per heavy atom. The van der Waals surface area contributed by atoms with Crippen LogP contribution >= 0.6 is 22.7 Å². The molecule has 11 aromatic carbocycles. The first kappa shape index (κ1) is 34.4. The van der Waals surface area contributed by atoms with Crippen LogP contribution in [0.3, 0.4) is 0 Å². The maximum absolute atomic E-state index is 2.52. The molecule has 0 aliphatic heterocycles. The maximum atomic E-state index is 2.52. The van der Waals surface area contributed by atoms with Gasteiger partial charge in [-0.2, -0.15) is 0 Å². The van der Waals surface area contributed by atoms with Crippen LogP contribution in [0.15, 0.2) is 206 Å². The Morgan fingerprint density at radius 1 is 0.194 bits per heavy atom. The van der Waals surface area contributed by atoms with Gasteiger partial charge < -0.3 is 0 Å². The molecule has 14 rings (SSSR count). The molecule has 1 aliphatic rings. The van der Waals surface area contributed by atoms with Crippen LogP contribution in [0.25, 0.3) is 139 Å². The van der Waals surface area contributed by atoms with Crippen LogP contribution in [0.4, 0.5) is 0 Å². The quantitative estimate of drug-likeness (QED) is 0.152. The van der Waals surface area contributed by atoms with E-state index in [0.717, 1.165) is 0 Å². The van der Waals surface area contributed by atoms with Crippen molar-refractivity contribution < 1.29 is 0 Å². The largest absolute Gasteiger partial charge is 0.135 e. The second-order valence-corrected chi connectivity index (χ2v) is 18.9. The fraction of sp³-hybridized carbons (Fsp3) is 0. The number of fused-ring (bicyclic) bond motifs is 20. The smallest absolute Gasteiger partial charge is 0.0355 e. The standard InChI is InChI=1S/C60H34S2/c1-3-15-42-39(12-1)40-13-2-4-16-43(40)51-34-53-49-30-35(36-25-28-58-54(31-36)45-17-7-9-22-56(45)61-58)24-27-44(49)41-14-5-6-19-47(41)60-38(20-11-21-48(60)52(53)33-50(42)51)37-26-29-59-55(32-37)46-18-8-10-23-57(46)62-59/h1-34H. The number of hydrogen-bond acceptors (Lipinski definition) is 2. The third-order valence-electron chi connectivity index (χ3n) is 13.4. The molecule has 0 fully saturated rings. The summed E-state index contributed by atoms with van der Waals surface area (Å²) in [5.41, 5.74) is 15.0. The van der Waals surface area contributed by atoms with Gasteiger partial charge in [-0.25, -0.2) is 0 Å². The lowest BCUT2D eigenvalue weighted by Crippen LogP contribution is -2.00. The zero-order valence-electron chi connectivity index (χ0n) is 33.4. The summed E-state index contributed by atoms with van der Waals surface area (Å²) in [6.07, 6.45) is 0. The lowest BCUT2D eigenvalue weighted by molar-refractivity contribution is 1.52. The van der Waals surface area contributed by atoms with Crippen molar-refractivity contribution in [2.45, 2.75) is 0 Å². The Balaban J connectivity index is 1.10. The van der Waals surface area contributed by atoms with Gasteiger partial charge in [0.15, 0.2) is 0 Å². The van der Waals surface area contributed by atoms with E-state index in [-0.39, 0.29) is 0 Å². The molecule has 2 heterocycles. The molecule has 2 aromatic heterocycles. The normalized spacial score (nSPS) is 12.2. The van der Waals surface area contributed by atoms with E-state index in [1.54, 1.807) is 0 Å². The van der Waals surface area contributed by atoms with Gasteiger partial charge in [-0.1, -0.05) is 152 Å². The van der Waals surface area contributed by atoms with Gasteiger partial charge in [0.1, 0.15) is 0 Å². The second-order valence-electron chi connectivity index (χ2n) is 16.7. The van der Waals surface area contributed by atoms with Gasteiger partial charge in [-0.05, 0) is 154 Å². The van der Waals surface area contributed by atoms with Crippen LogP contribution in [0.5, 0.6) is 0 Å². The highest BCUT2D eigenvalue weighted by Gasteiger charge is 2.26. The summed E-state index contributed by atoms with van der Waals surface area (Å²) in [5, 5.41) is 13.0. The minimum Gasteiger partial charge on any atom is -0.135 e. The van der Waals surface area contributed by atoms with E-state index in [4.69, 9.17) is 0 Å². The molecule has 0 radical (unpaired) electrons. The Labute approximate surface area is 366 Å². The topological polar surface area (TPSA) is 0 Å². The van der Waals surface area contributed by atoms with E-state index in [2.05, 4.69) is 206 Å². The minimum atomic E-state index is 1.22. The van der Waals surface area contributed by atoms with Gasteiger partial charge in [0.05, 0.1) is 0 Å². The molecule has 0 bridgehead atoms. The molecule has 286 valence electrons. The Morgan fingerprint density at radius 3 is 1.24 bits per heavy atom. The second kappa shape index (κ2) is 13.1. The third kappa shape index (κ3) is 4.94. The first-order valence-corrected chi connectivity index (χ1v) is 22.9.